The van der Waals surface area contributed by atoms with Gasteiger partial charge in [0.2, 0.25) is 5.91 Å². The van der Waals surface area contributed by atoms with E-state index in [0.29, 0.717) is 24.4 Å². The minimum atomic E-state index is 0.264. The highest BCUT2D eigenvalue weighted by atomic mass is 16.5. The molecule has 0 N–H and O–H groups in total. The highest BCUT2D eigenvalue weighted by molar-refractivity contribution is 5.76. The largest absolute Gasteiger partial charge is 0.493 e. The van der Waals surface area contributed by atoms with Crippen molar-refractivity contribution in [1.29, 1.82) is 0 Å². The van der Waals surface area contributed by atoms with E-state index in [1.807, 2.05) is 24.0 Å². The first kappa shape index (κ1) is 19.6. The van der Waals surface area contributed by atoms with E-state index in [9.17, 15) is 4.79 Å². The van der Waals surface area contributed by atoms with Gasteiger partial charge in [0, 0.05) is 31.6 Å². The lowest BCUT2D eigenvalue weighted by Gasteiger charge is -2.45. The van der Waals surface area contributed by atoms with Gasteiger partial charge in [-0.1, -0.05) is 19.9 Å². The summed E-state index contributed by atoms with van der Waals surface area (Å²) in [4.78, 5) is 16.6. The van der Waals surface area contributed by atoms with Gasteiger partial charge in [-0.15, -0.1) is 0 Å². The first-order chi connectivity index (χ1) is 11.9. The van der Waals surface area contributed by atoms with Crippen LogP contribution < -0.4 is 9.47 Å². The van der Waals surface area contributed by atoms with Gasteiger partial charge in [-0.25, -0.2) is 0 Å². The topological polar surface area (TPSA) is 42.0 Å². The Bertz CT molecular complexity index is 590. The molecular formula is C20H32N2O3. The molecule has 0 radical (unpaired) electrons. The molecule has 3 unspecified atom stereocenters. The van der Waals surface area contributed by atoms with Gasteiger partial charge in [-0.3, -0.25) is 9.69 Å². The number of amides is 1. The molecule has 3 atom stereocenters. The Morgan fingerprint density at radius 2 is 1.92 bits per heavy atom. The number of rotatable bonds is 6. The van der Waals surface area contributed by atoms with Crippen LogP contribution in [0.5, 0.6) is 11.5 Å². The lowest BCUT2D eigenvalue weighted by Crippen LogP contribution is -2.54. The molecule has 0 saturated carbocycles. The Labute approximate surface area is 151 Å². The predicted octanol–water partition coefficient (Wildman–Crippen LogP) is 3.17. The second kappa shape index (κ2) is 8.56. The van der Waals surface area contributed by atoms with E-state index in [1.54, 1.807) is 14.2 Å². The number of ether oxygens (including phenoxy) is 2. The SMILES string of the molecule is CCC(=O)N1CC(C)C(N(C)Cc2ccc(OC)c(OC)c2)CC1C. The van der Waals surface area contributed by atoms with Crippen LogP contribution in [0.4, 0.5) is 0 Å². The molecule has 0 bridgehead atoms. The molecule has 25 heavy (non-hydrogen) atoms. The van der Waals surface area contributed by atoms with E-state index in [0.717, 1.165) is 31.0 Å². The van der Waals surface area contributed by atoms with E-state index < -0.39 is 0 Å². The maximum absolute atomic E-state index is 12.1. The fourth-order valence-corrected chi connectivity index (χ4v) is 3.87. The zero-order chi connectivity index (χ0) is 18.6. The maximum atomic E-state index is 12.1. The minimum absolute atomic E-state index is 0.264. The molecule has 0 aliphatic carbocycles. The van der Waals surface area contributed by atoms with Gasteiger partial charge >= 0.3 is 0 Å². The van der Waals surface area contributed by atoms with Crippen LogP contribution in [-0.2, 0) is 11.3 Å². The summed E-state index contributed by atoms with van der Waals surface area (Å²) in [5, 5.41) is 0. The predicted molar refractivity (Wildman–Crippen MR) is 100 cm³/mol. The summed E-state index contributed by atoms with van der Waals surface area (Å²) in [6.07, 6.45) is 1.60. The Morgan fingerprint density at radius 1 is 1.24 bits per heavy atom. The summed E-state index contributed by atoms with van der Waals surface area (Å²) >= 11 is 0. The summed E-state index contributed by atoms with van der Waals surface area (Å²) in [7, 11) is 5.48. The van der Waals surface area contributed by atoms with Crippen LogP contribution >= 0.6 is 0 Å². The second-order valence-corrected chi connectivity index (χ2v) is 7.13. The van der Waals surface area contributed by atoms with Crippen LogP contribution in [0.2, 0.25) is 0 Å². The standard InChI is InChI=1S/C20H32N2O3/c1-7-20(23)22-12-14(2)17(10-15(22)3)21(4)13-16-8-9-18(24-5)19(11-16)25-6/h8-9,11,14-15,17H,7,10,12-13H2,1-6H3. The third-order valence-corrected chi connectivity index (χ3v) is 5.33. The van der Waals surface area contributed by atoms with Crippen LogP contribution in [0.3, 0.4) is 0 Å². The Kier molecular flexibility index (Phi) is 6.71. The van der Waals surface area contributed by atoms with Crippen molar-refractivity contribution in [2.24, 2.45) is 5.92 Å². The zero-order valence-corrected chi connectivity index (χ0v) is 16.4. The third-order valence-electron chi connectivity index (χ3n) is 5.33. The molecule has 1 saturated heterocycles. The molecule has 1 amide bonds. The van der Waals surface area contributed by atoms with Gasteiger partial charge in [0.15, 0.2) is 11.5 Å². The van der Waals surface area contributed by atoms with Gasteiger partial charge in [0.25, 0.3) is 0 Å². The number of piperidine rings is 1. The van der Waals surface area contributed by atoms with Gasteiger partial charge in [-0.2, -0.15) is 0 Å². The monoisotopic (exact) mass is 348 g/mol. The molecule has 1 fully saturated rings. The zero-order valence-electron chi connectivity index (χ0n) is 16.4. The molecule has 1 aromatic carbocycles. The van der Waals surface area contributed by atoms with E-state index in [2.05, 4.69) is 31.9 Å². The van der Waals surface area contributed by atoms with Crippen molar-refractivity contribution >= 4 is 5.91 Å². The number of benzene rings is 1. The van der Waals surface area contributed by atoms with Crippen molar-refractivity contribution in [3.05, 3.63) is 23.8 Å². The molecular weight excluding hydrogens is 316 g/mol. The molecule has 0 spiro atoms. The Morgan fingerprint density at radius 3 is 2.52 bits per heavy atom. The fraction of sp³-hybridized carbons (Fsp3) is 0.650. The summed E-state index contributed by atoms with van der Waals surface area (Å²) in [5.41, 5.74) is 1.20. The first-order valence-electron chi connectivity index (χ1n) is 9.11. The number of likely N-dealkylation sites (tertiary alicyclic amines) is 1. The van der Waals surface area contributed by atoms with Crippen LogP contribution in [0.1, 0.15) is 39.2 Å². The fourth-order valence-electron chi connectivity index (χ4n) is 3.87. The van der Waals surface area contributed by atoms with Gasteiger partial charge in [0.1, 0.15) is 0 Å². The molecule has 5 heteroatoms. The number of carbonyl (C=O) groups is 1. The van der Waals surface area contributed by atoms with Crippen molar-refractivity contribution in [2.45, 2.75) is 52.2 Å². The van der Waals surface area contributed by atoms with Gasteiger partial charge in [0.05, 0.1) is 14.2 Å². The van der Waals surface area contributed by atoms with E-state index in [-0.39, 0.29) is 5.91 Å². The molecule has 140 valence electrons. The number of methoxy groups -OCH3 is 2. The molecule has 5 nitrogen and oxygen atoms in total. The Balaban J connectivity index is 2.06. The van der Waals surface area contributed by atoms with Gasteiger partial charge in [-0.05, 0) is 44.0 Å². The van der Waals surface area contributed by atoms with Crippen molar-refractivity contribution in [2.75, 3.05) is 27.8 Å². The van der Waals surface area contributed by atoms with Crippen LogP contribution in [0.25, 0.3) is 0 Å². The average Bonchev–Trinajstić information content (AvgIpc) is 2.62. The van der Waals surface area contributed by atoms with Crippen LogP contribution in [0.15, 0.2) is 18.2 Å². The number of carbonyl (C=O) groups excluding carboxylic acids is 1. The highest BCUT2D eigenvalue weighted by Gasteiger charge is 2.34. The lowest BCUT2D eigenvalue weighted by molar-refractivity contribution is -0.136. The smallest absolute Gasteiger partial charge is 0.222 e. The van der Waals surface area contributed by atoms with Gasteiger partial charge < -0.3 is 14.4 Å². The van der Waals surface area contributed by atoms with E-state index in [4.69, 9.17) is 9.47 Å². The lowest BCUT2D eigenvalue weighted by atomic mass is 9.88. The summed E-state index contributed by atoms with van der Waals surface area (Å²) in [6, 6.07) is 6.84. The second-order valence-electron chi connectivity index (χ2n) is 7.13. The average molecular weight is 348 g/mol. The number of nitrogens with zero attached hydrogens (tertiary/aromatic N) is 2. The molecule has 1 aromatic rings. The maximum Gasteiger partial charge on any atom is 0.222 e. The Hall–Kier alpha value is -1.75. The summed E-state index contributed by atoms with van der Waals surface area (Å²) < 4.78 is 10.7. The summed E-state index contributed by atoms with van der Waals surface area (Å²) in [5.74, 6) is 2.23. The highest BCUT2D eigenvalue weighted by Crippen LogP contribution is 2.30. The quantitative estimate of drug-likeness (QED) is 0.792. The van der Waals surface area contributed by atoms with E-state index >= 15 is 0 Å². The summed E-state index contributed by atoms with van der Waals surface area (Å²) in [6.45, 7) is 8.04. The van der Waals surface area contributed by atoms with E-state index in [1.165, 1.54) is 5.56 Å². The van der Waals surface area contributed by atoms with Crippen LogP contribution in [0, 0.1) is 5.92 Å². The first-order valence-corrected chi connectivity index (χ1v) is 9.11. The molecule has 0 aromatic heterocycles. The minimum Gasteiger partial charge on any atom is -0.493 e. The van der Waals surface area contributed by atoms with Crippen molar-refractivity contribution < 1.29 is 14.3 Å². The number of hydrogen-bond donors (Lipinski definition) is 0. The van der Waals surface area contributed by atoms with Crippen molar-refractivity contribution in [3.63, 3.8) is 0 Å². The number of hydrogen-bond acceptors (Lipinski definition) is 4. The van der Waals surface area contributed by atoms with Crippen molar-refractivity contribution in [1.82, 2.24) is 9.80 Å². The van der Waals surface area contributed by atoms with Crippen LogP contribution in [-0.4, -0.2) is 55.6 Å². The van der Waals surface area contributed by atoms with Crippen molar-refractivity contribution in [3.8, 4) is 11.5 Å². The normalized spacial score (nSPS) is 23.6. The third kappa shape index (κ3) is 4.46. The molecule has 1 aliphatic rings. The molecule has 1 aliphatic heterocycles. The molecule has 1 heterocycles. The molecule has 2 rings (SSSR count).